The highest BCUT2D eigenvalue weighted by Gasteiger charge is 2.24. The Hall–Kier alpha value is -1.59. The summed E-state index contributed by atoms with van der Waals surface area (Å²) in [5.74, 6) is 0.0271. The van der Waals surface area contributed by atoms with Crippen molar-refractivity contribution in [1.82, 2.24) is 15.5 Å². The first-order chi connectivity index (χ1) is 12.8. The van der Waals surface area contributed by atoms with Crippen LogP contribution in [0.15, 0.2) is 24.3 Å². The van der Waals surface area contributed by atoms with Gasteiger partial charge < -0.3 is 15.5 Å². The van der Waals surface area contributed by atoms with Crippen molar-refractivity contribution in [1.29, 1.82) is 0 Å². The van der Waals surface area contributed by atoms with E-state index in [0.29, 0.717) is 24.6 Å². The third-order valence-corrected chi connectivity index (χ3v) is 5.17. The molecule has 0 atom stereocenters. The number of amides is 2. The highest BCUT2D eigenvalue weighted by molar-refractivity contribution is 5.94. The minimum Gasteiger partial charge on any atom is -0.352 e. The molecule has 1 heterocycles. The van der Waals surface area contributed by atoms with E-state index in [0.717, 1.165) is 38.9 Å². The zero-order chi connectivity index (χ0) is 19.9. The fourth-order valence-electron chi connectivity index (χ4n) is 3.52. The number of halogens is 1. The zero-order valence-corrected chi connectivity index (χ0v) is 18.5. The van der Waals surface area contributed by atoms with E-state index >= 15 is 0 Å². The van der Waals surface area contributed by atoms with Crippen LogP contribution in [0.3, 0.4) is 0 Å². The molecule has 2 N–H and O–H groups in total. The van der Waals surface area contributed by atoms with Gasteiger partial charge in [-0.2, -0.15) is 0 Å². The van der Waals surface area contributed by atoms with Gasteiger partial charge in [0.2, 0.25) is 5.91 Å². The van der Waals surface area contributed by atoms with Crippen molar-refractivity contribution in [3.05, 3.63) is 35.4 Å². The lowest BCUT2D eigenvalue weighted by Gasteiger charge is -2.34. The SMILES string of the molecule is CCCN(C(=O)CCNC(=O)c1ccc(C(C)(C)C)cc1)C1CCNCC1.Cl. The van der Waals surface area contributed by atoms with Crippen LogP contribution in [0.25, 0.3) is 0 Å². The van der Waals surface area contributed by atoms with Gasteiger partial charge in [0, 0.05) is 31.1 Å². The molecule has 1 saturated heterocycles. The second kappa shape index (κ2) is 11.4. The summed E-state index contributed by atoms with van der Waals surface area (Å²) < 4.78 is 0. The molecule has 1 aliphatic rings. The maximum Gasteiger partial charge on any atom is 0.251 e. The van der Waals surface area contributed by atoms with E-state index in [-0.39, 0.29) is 29.6 Å². The van der Waals surface area contributed by atoms with Gasteiger partial charge in [0.1, 0.15) is 0 Å². The Balaban J connectivity index is 0.00000392. The van der Waals surface area contributed by atoms with Gasteiger partial charge in [-0.05, 0) is 55.5 Å². The van der Waals surface area contributed by atoms with Crippen molar-refractivity contribution >= 4 is 24.2 Å². The highest BCUT2D eigenvalue weighted by atomic mass is 35.5. The van der Waals surface area contributed by atoms with Gasteiger partial charge in [-0.1, -0.05) is 39.8 Å². The third-order valence-electron chi connectivity index (χ3n) is 5.17. The summed E-state index contributed by atoms with van der Waals surface area (Å²) in [7, 11) is 0. The molecule has 0 unspecified atom stereocenters. The Labute approximate surface area is 176 Å². The van der Waals surface area contributed by atoms with Crippen LogP contribution >= 0.6 is 12.4 Å². The molecule has 0 spiro atoms. The fraction of sp³-hybridized carbons (Fsp3) is 0.636. The number of nitrogens with zero attached hydrogens (tertiary/aromatic N) is 1. The number of hydrogen-bond acceptors (Lipinski definition) is 3. The maximum atomic E-state index is 12.7. The Morgan fingerprint density at radius 3 is 2.29 bits per heavy atom. The Kier molecular flexibility index (Phi) is 9.97. The Bertz CT molecular complexity index is 620. The number of piperidine rings is 1. The first kappa shape index (κ1) is 24.4. The van der Waals surface area contributed by atoms with E-state index in [2.05, 4.69) is 38.3 Å². The van der Waals surface area contributed by atoms with E-state index in [1.165, 1.54) is 5.56 Å². The van der Waals surface area contributed by atoms with E-state index < -0.39 is 0 Å². The molecule has 1 aliphatic heterocycles. The first-order valence-corrected chi connectivity index (χ1v) is 10.2. The number of carbonyl (C=O) groups excluding carboxylic acids is 2. The van der Waals surface area contributed by atoms with Crippen molar-refractivity contribution in [2.75, 3.05) is 26.2 Å². The van der Waals surface area contributed by atoms with Gasteiger partial charge >= 0.3 is 0 Å². The van der Waals surface area contributed by atoms with Crippen LogP contribution in [-0.2, 0) is 10.2 Å². The van der Waals surface area contributed by atoms with Crippen LogP contribution in [0.5, 0.6) is 0 Å². The number of rotatable bonds is 7. The van der Waals surface area contributed by atoms with E-state index in [4.69, 9.17) is 0 Å². The van der Waals surface area contributed by atoms with E-state index in [9.17, 15) is 9.59 Å². The van der Waals surface area contributed by atoms with Gasteiger partial charge in [0.05, 0.1) is 0 Å². The van der Waals surface area contributed by atoms with E-state index in [1.807, 2.05) is 29.2 Å². The van der Waals surface area contributed by atoms with Gasteiger partial charge in [-0.3, -0.25) is 9.59 Å². The smallest absolute Gasteiger partial charge is 0.251 e. The van der Waals surface area contributed by atoms with Crippen molar-refractivity contribution in [2.24, 2.45) is 0 Å². The van der Waals surface area contributed by atoms with Crippen molar-refractivity contribution in [3.8, 4) is 0 Å². The third kappa shape index (κ3) is 7.10. The molecule has 0 aliphatic carbocycles. The molecule has 0 saturated carbocycles. The van der Waals surface area contributed by atoms with Crippen molar-refractivity contribution < 1.29 is 9.59 Å². The summed E-state index contributed by atoms with van der Waals surface area (Å²) in [6, 6.07) is 8.05. The van der Waals surface area contributed by atoms with Crippen LogP contribution in [0.1, 0.15) is 69.3 Å². The molecule has 2 rings (SSSR count). The molecule has 0 radical (unpaired) electrons. The summed E-state index contributed by atoms with van der Waals surface area (Å²) in [4.78, 5) is 27.0. The van der Waals surface area contributed by atoms with Gasteiger partial charge in [-0.15, -0.1) is 12.4 Å². The van der Waals surface area contributed by atoms with Crippen LogP contribution in [-0.4, -0.2) is 48.9 Å². The molecule has 28 heavy (non-hydrogen) atoms. The van der Waals surface area contributed by atoms with Gasteiger partial charge in [0.15, 0.2) is 0 Å². The molecular formula is C22H36ClN3O2. The minimum atomic E-state index is -0.118. The molecule has 6 heteroatoms. The average Bonchev–Trinajstić information content (AvgIpc) is 2.66. The standard InChI is InChI=1S/C22H35N3O2.ClH/c1-5-16-25(19-10-13-23-14-11-19)20(26)12-15-24-21(27)17-6-8-18(9-7-17)22(2,3)4;/h6-9,19,23H,5,10-16H2,1-4H3,(H,24,27);1H. The van der Waals surface area contributed by atoms with Crippen LogP contribution in [0, 0.1) is 0 Å². The molecule has 0 aromatic heterocycles. The molecule has 5 nitrogen and oxygen atoms in total. The number of nitrogens with one attached hydrogen (secondary N) is 2. The maximum absolute atomic E-state index is 12.7. The molecule has 2 amide bonds. The highest BCUT2D eigenvalue weighted by Crippen LogP contribution is 2.22. The Morgan fingerprint density at radius 2 is 1.75 bits per heavy atom. The molecule has 1 aromatic carbocycles. The average molecular weight is 410 g/mol. The van der Waals surface area contributed by atoms with Crippen LogP contribution in [0.2, 0.25) is 0 Å². The van der Waals surface area contributed by atoms with Crippen LogP contribution < -0.4 is 10.6 Å². The summed E-state index contributed by atoms with van der Waals surface area (Å²) in [6.07, 6.45) is 3.34. The molecular weight excluding hydrogens is 374 g/mol. The predicted octanol–water partition coefficient (Wildman–Crippen LogP) is 3.52. The molecule has 0 bridgehead atoms. The molecule has 1 aromatic rings. The number of benzene rings is 1. The van der Waals surface area contributed by atoms with Crippen molar-refractivity contribution in [2.45, 2.75) is 64.8 Å². The summed E-state index contributed by atoms with van der Waals surface area (Å²) >= 11 is 0. The van der Waals surface area contributed by atoms with Gasteiger partial charge in [0.25, 0.3) is 5.91 Å². The quantitative estimate of drug-likeness (QED) is 0.724. The normalized spacial score (nSPS) is 14.9. The number of carbonyl (C=O) groups is 2. The van der Waals surface area contributed by atoms with Gasteiger partial charge in [-0.25, -0.2) is 0 Å². The monoisotopic (exact) mass is 409 g/mol. The molecule has 1 fully saturated rings. The zero-order valence-electron chi connectivity index (χ0n) is 17.7. The molecule has 158 valence electrons. The largest absolute Gasteiger partial charge is 0.352 e. The first-order valence-electron chi connectivity index (χ1n) is 10.2. The number of hydrogen-bond donors (Lipinski definition) is 2. The fourth-order valence-corrected chi connectivity index (χ4v) is 3.52. The lowest BCUT2D eigenvalue weighted by molar-refractivity contribution is -0.134. The summed E-state index contributed by atoms with van der Waals surface area (Å²) in [6.45, 7) is 11.7. The second-order valence-electron chi connectivity index (χ2n) is 8.40. The Morgan fingerprint density at radius 1 is 1.14 bits per heavy atom. The predicted molar refractivity (Wildman–Crippen MR) is 117 cm³/mol. The summed E-state index contributed by atoms with van der Waals surface area (Å²) in [5.41, 5.74) is 1.91. The minimum absolute atomic E-state index is 0. The van der Waals surface area contributed by atoms with Crippen molar-refractivity contribution in [3.63, 3.8) is 0 Å². The second-order valence-corrected chi connectivity index (χ2v) is 8.40. The topological polar surface area (TPSA) is 61.4 Å². The lowest BCUT2D eigenvalue weighted by atomic mass is 9.87. The summed E-state index contributed by atoms with van der Waals surface area (Å²) in [5, 5.41) is 6.23. The lowest BCUT2D eigenvalue weighted by Crippen LogP contribution is -2.47. The van der Waals surface area contributed by atoms with Crippen LogP contribution in [0.4, 0.5) is 0 Å². The van der Waals surface area contributed by atoms with E-state index in [1.54, 1.807) is 0 Å².